The van der Waals surface area contributed by atoms with E-state index in [1.807, 2.05) is 19.2 Å². The summed E-state index contributed by atoms with van der Waals surface area (Å²) in [5, 5.41) is 3.30. The van der Waals surface area contributed by atoms with Crippen LogP contribution in [0, 0.1) is 0 Å². The number of nitrogens with zero attached hydrogens (tertiary/aromatic N) is 1. The maximum absolute atomic E-state index is 12.1. The lowest BCUT2D eigenvalue weighted by atomic mass is 9.86. The lowest BCUT2D eigenvalue weighted by molar-refractivity contribution is -0.0804. The fraction of sp³-hybridized carbons (Fsp3) is 0.600. The SMILES string of the molecule is CNC1CCOC(C)(c2ccc(S(=O)(=O)N(C)C)cc2)C1. The molecule has 2 atom stereocenters. The van der Waals surface area contributed by atoms with Gasteiger partial charge in [-0.2, -0.15) is 0 Å². The first-order valence-corrected chi connectivity index (χ1v) is 8.58. The Labute approximate surface area is 127 Å². The molecule has 118 valence electrons. The van der Waals surface area contributed by atoms with Crippen LogP contribution in [0.4, 0.5) is 0 Å². The van der Waals surface area contributed by atoms with Crippen molar-refractivity contribution >= 4 is 10.0 Å². The zero-order valence-corrected chi connectivity index (χ0v) is 13.9. The normalized spacial score (nSPS) is 27.0. The fourth-order valence-corrected chi connectivity index (χ4v) is 3.60. The van der Waals surface area contributed by atoms with E-state index >= 15 is 0 Å². The Hall–Kier alpha value is -0.950. The van der Waals surface area contributed by atoms with E-state index in [9.17, 15) is 8.42 Å². The summed E-state index contributed by atoms with van der Waals surface area (Å²) >= 11 is 0. The molecule has 1 aromatic rings. The van der Waals surface area contributed by atoms with Crippen molar-refractivity contribution in [2.75, 3.05) is 27.7 Å². The Morgan fingerprint density at radius 3 is 2.43 bits per heavy atom. The van der Waals surface area contributed by atoms with Crippen molar-refractivity contribution in [3.8, 4) is 0 Å². The van der Waals surface area contributed by atoms with Gasteiger partial charge < -0.3 is 10.1 Å². The van der Waals surface area contributed by atoms with Crippen LogP contribution in [0.25, 0.3) is 0 Å². The van der Waals surface area contributed by atoms with E-state index in [1.54, 1.807) is 12.1 Å². The second-order valence-electron chi connectivity index (χ2n) is 5.87. The van der Waals surface area contributed by atoms with Crippen molar-refractivity contribution in [1.29, 1.82) is 0 Å². The third-order valence-corrected chi connectivity index (χ3v) is 6.00. The van der Waals surface area contributed by atoms with Crippen LogP contribution in [0.2, 0.25) is 0 Å². The second kappa shape index (κ2) is 6.04. The molecule has 1 fully saturated rings. The molecular formula is C15H24N2O3S. The van der Waals surface area contributed by atoms with Crippen LogP contribution in [0.3, 0.4) is 0 Å². The summed E-state index contributed by atoms with van der Waals surface area (Å²) in [5.74, 6) is 0. The summed E-state index contributed by atoms with van der Waals surface area (Å²) in [5.41, 5.74) is 0.645. The van der Waals surface area contributed by atoms with E-state index in [-0.39, 0.29) is 5.60 Å². The quantitative estimate of drug-likeness (QED) is 0.916. The summed E-state index contributed by atoms with van der Waals surface area (Å²) in [6.07, 6.45) is 1.88. The Morgan fingerprint density at radius 2 is 1.90 bits per heavy atom. The molecule has 0 bridgehead atoms. The van der Waals surface area contributed by atoms with E-state index < -0.39 is 10.0 Å². The van der Waals surface area contributed by atoms with Crippen LogP contribution < -0.4 is 5.32 Å². The van der Waals surface area contributed by atoms with Crippen LogP contribution >= 0.6 is 0 Å². The summed E-state index contributed by atoms with van der Waals surface area (Å²) in [6.45, 7) is 2.77. The smallest absolute Gasteiger partial charge is 0.242 e. The number of sulfonamides is 1. The number of rotatable bonds is 4. The van der Waals surface area contributed by atoms with Crippen molar-refractivity contribution in [3.05, 3.63) is 29.8 Å². The van der Waals surface area contributed by atoms with Gasteiger partial charge in [-0.05, 0) is 44.5 Å². The molecule has 5 nitrogen and oxygen atoms in total. The van der Waals surface area contributed by atoms with Gasteiger partial charge >= 0.3 is 0 Å². The minimum Gasteiger partial charge on any atom is -0.370 e. The van der Waals surface area contributed by atoms with E-state index in [4.69, 9.17) is 4.74 Å². The third-order valence-electron chi connectivity index (χ3n) is 4.17. The molecular weight excluding hydrogens is 288 g/mol. The lowest BCUT2D eigenvalue weighted by Crippen LogP contribution is -2.42. The predicted molar refractivity (Wildman–Crippen MR) is 82.7 cm³/mol. The zero-order chi connectivity index (χ0) is 15.7. The van der Waals surface area contributed by atoms with Crippen LogP contribution in [0.15, 0.2) is 29.2 Å². The molecule has 1 aliphatic rings. The van der Waals surface area contributed by atoms with Crippen molar-refractivity contribution in [2.45, 2.75) is 36.3 Å². The fourth-order valence-electron chi connectivity index (χ4n) is 2.70. The van der Waals surface area contributed by atoms with Gasteiger partial charge in [-0.3, -0.25) is 0 Å². The molecule has 2 unspecified atom stereocenters. The summed E-state index contributed by atoms with van der Waals surface area (Å²) < 4.78 is 31.3. The Balaban J connectivity index is 2.26. The van der Waals surface area contributed by atoms with Gasteiger partial charge in [-0.25, -0.2) is 12.7 Å². The Morgan fingerprint density at radius 1 is 1.29 bits per heavy atom. The van der Waals surface area contributed by atoms with Gasteiger partial charge in [0, 0.05) is 26.7 Å². The molecule has 2 rings (SSSR count). The highest BCUT2D eigenvalue weighted by atomic mass is 32.2. The minimum absolute atomic E-state index is 0.306. The number of nitrogens with one attached hydrogen (secondary N) is 1. The molecule has 1 aliphatic heterocycles. The molecule has 0 amide bonds. The summed E-state index contributed by atoms with van der Waals surface area (Å²) in [4.78, 5) is 0.306. The molecule has 0 spiro atoms. The highest BCUT2D eigenvalue weighted by Crippen LogP contribution is 2.35. The molecule has 0 saturated carbocycles. The van der Waals surface area contributed by atoms with Crippen molar-refractivity contribution in [1.82, 2.24) is 9.62 Å². The van der Waals surface area contributed by atoms with E-state index in [0.29, 0.717) is 17.5 Å². The van der Waals surface area contributed by atoms with Gasteiger partial charge in [0.2, 0.25) is 10.0 Å². The van der Waals surface area contributed by atoms with Crippen molar-refractivity contribution in [2.24, 2.45) is 0 Å². The first kappa shape index (κ1) is 16.4. The van der Waals surface area contributed by atoms with Crippen LogP contribution in [0.5, 0.6) is 0 Å². The molecule has 21 heavy (non-hydrogen) atoms. The van der Waals surface area contributed by atoms with E-state index in [1.165, 1.54) is 18.4 Å². The average Bonchev–Trinajstić information content (AvgIpc) is 2.47. The Kier molecular flexibility index (Phi) is 4.72. The molecule has 1 N–H and O–H groups in total. The van der Waals surface area contributed by atoms with Crippen LogP contribution in [-0.2, 0) is 20.4 Å². The monoisotopic (exact) mass is 312 g/mol. The van der Waals surface area contributed by atoms with Gasteiger partial charge in [0.15, 0.2) is 0 Å². The molecule has 0 aliphatic carbocycles. The number of benzene rings is 1. The van der Waals surface area contributed by atoms with Gasteiger partial charge in [-0.1, -0.05) is 12.1 Å². The minimum atomic E-state index is -3.38. The second-order valence-corrected chi connectivity index (χ2v) is 8.02. The lowest BCUT2D eigenvalue weighted by Gasteiger charge is -2.38. The number of ether oxygens (including phenoxy) is 1. The van der Waals surface area contributed by atoms with Gasteiger partial charge in [0.25, 0.3) is 0 Å². The van der Waals surface area contributed by atoms with Crippen LogP contribution in [-0.4, -0.2) is 46.5 Å². The highest BCUT2D eigenvalue weighted by molar-refractivity contribution is 7.89. The van der Waals surface area contributed by atoms with Gasteiger partial charge in [0.1, 0.15) is 0 Å². The number of hydrogen-bond acceptors (Lipinski definition) is 4. The average molecular weight is 312 g/mol. The highest BCUT2D eigenvalue weighted by Gasteiger charge is 2.34. The largest absolute Gasteiger partial charge is 0.370 e. The van der Waals surface area contributed by atoms with E-state index in [2.05, 4.69) is 12.2 Å². The third kappa shape index (κ3) is 3.29. The van der Waals surface area contributed by atoms with Crippen LogP contribution in [0.1, 0.15) is 25.3 Å². The summed E-state index contributed by atoms with van der Waals surface area (Å²) in [7, 11) is 1.65. The maximum Gasteiger partial charge on any atom is 0.242 e. The predicted octanol–water partition coefficient (Wildman–Crippen LogP) is 1.55. The van der Waals surface area contributed by atoms with Crippen molar-refractivity contribution < 1.29 is 13.2 Å². The first-order valence-electron chi connectivity index (χ1n) is 7.14. The zero-order valence-electron chi connectivity index (χ0n) is 13.1. The molecule has 1 heterocycles. The van der Waals surface area contributed by atoms with Crippen molar-refractivity contribution in [3.63, 3.8) is 0 Å². The van der Waals surface area contributed by atoms with Gasteiger partial charge in [0.05, 0.1) is 10.5 Å². The molecule has 6 heteroatoms. The molecule has 0 radical (unpaired) electrons. The maximum atomic E-state index is 12.1. The van der Waals surface area contributed by atoms with E-state index in [0.717, 1.165) is 18.4 Å². The first-order chi connectivity index (χ1) is 9.79. The topological polar surface area (TPSA) is 58.6 Å². The number of hydrogen-bond donors (Lipinski definition) is 1. The Bertz CT molecular complexity index is 583. The molecule has 0 aromatic heterocycles. The standard InChI is InChI=1S/C15H24N2O3S/c1-15(11-13(16-2)9-10-20-15)12-5-7-14(8-6-12)21(18,19)17(3)4/h5-8,13,16H,9-11H2,1-4H3. The molecule has 1 aromatic carbocycles. The molecule has 1 saturated heterocycles. The summed E-state index contributed by atoms with van der Waals surface area (Å²) in [6, 6.07) is 7.45. The van der Waals surface area contributed by atoms with Gasteiger partial charge in [-0.15, -0.1) is 0 Å².